The number of carbonyl (C=O) groups excluding carboxylic acids is 3. The van der Waals surface area contributed by atoms with Gasteiger partial charge in [-0.05, 0) is 34.0 Å². The molecule has 3 aromatic carbocycles. The molecule has 1 saturated heterocycles. The Morgan fingerprint density at radius 2 is 1.67 bits per heavy atom. The van der Waals surface area contributed by atoms with Gasteiger partial charge in [0, 0.05) is 36.6 Å². The average molecular weight is 601 g/mol. The maximum Gasteiger partial charge on any atom is 0.356 e. The number of esters is 2. The van der Waals surface area contributed by atoms with Gasteiger partial charge in [0.25, 0.3) is 17.3 Å². The molecule has 1 amide bonds. The summed E-state index contributed by atoms with van der Waals surface area (Å²) in [6.07, 6.45) is 0.411. The van der Waals surface area contributed by atoms with E-state index in [1.807, 2.05) is 60.7 Å². The van der Waals surface area contributed by atoms with Crippen LogP contribution in [0.5, 0.6) is 0 Å². The molecule has 0 aliphatic carbocycles. The Kier molecular flexibility index (Phi) is 8.44. The van der Waals surface area contributed by atoms with Crippen LogP contribution >= 0.6 is 11.8 Å². The fourth-order valence-electron chi connectivity index (χ4n) is 4.70. The van der Waals surface area contributed by atoms with Crippen molar-refractivity contribution in [3.63, 3.8) is 0 Å². The maximum absolute atomic E-state index is 13.9. The molecule has 2 atom stereocenters. The lowest BCUT2D eigenvalue weighted by atomic mass is 9.96. The van der Waals surface area contributed by atoms with E-state index >= 15 is 0 Å². The number of fused-ring (bicyclic) bond motifs is 1. The summed E-state index contributed by atoms with van der Waals surface area (Å²) >= 11 is 1.13. The second-order valence-corrected chi connectivity index (χ2v) is 10.7. The first kappa shape index (κ1) is 29.3. The lowest BCUT2D eigenvalue weighted by Crippen LogP contribution is -2.72. The van der Waals surface area contributed by atoms with Crippen LogP contribution < -0.4 is 0 Å². The Morgan fingerprint density at radius 3 is 2.21 bits per heavy atom. The van der Waals surface area contributed by atoms with Crippen molar-refractivity contribution in [3.8, 4) is 0 Å². The summed E-state index contributed by atoms with van der Waals surface area (Å²) < 4.78 is 11.2. The van der Waals surface area contributed by atoms with E-state index in [-0.39, 0.29) is 23.7 Å². The Hall–Kier alpha value is -5.17. The van der Waals surface area contributed by atoms with Crippen LogP contribution in [0.4, 0.5) is 5.69 Å². The number of ether oxygens (including phenoxy) is 2. The van der Waals surface area contributed by atoms with Crippen LogP contribution in [0.3, 0.4) is 0 Å². The van der Waals surface area contributed by atoms with Gasteiger partial charge in [0.05, 0.1) is 4.92 Å². The first-order valence-corrected chi connectivity index (χ1v) is 14.1. The molecule has 13 heteroatoms. The van der Waals surface area contributed by atoms with Crippen LogP contribution in [0.25, 0.3) is 0 Å². The predicted molar refractivity (Wildman–Crippen MR) is 157 cm³/mol. The second kappa shape index (κ2) is 12.4. The molecule has 1 fully saturated rings. The number of nitrogens with zero attached hydrogens (tertiary/aromatic N) is 4. The highest BCUT2D eigenvalue weighted by molar-refractivity contribution is 8.00. The fourth-order valence-corrected chi connectivity index (χ4v) is 6.07. The number of thioether (sulfide) groups is 1. The quantitative estimate of drug-likeness (QED) is 0.0813. The largest absolute Gasteiger partial charge is 0.461 e. The zero-order valence-corrected chi connectivity index (χ0v) is 23.5. The Bertz CT molecular complexity index is 1590. The number of nitroso groups, excluding NO2 is 1. The number of hydrogen-bond donors (Lipinski definition) is 0. The molecular weight excluding hydrogens is 576 g/mol. The molecule has 0 unspecified atom stereocenters. The van der Waals surface area contributed by atoms with Crippen molar-refractivity contribution >= 4 is 41.5 Å². The van der Waals surface area contributed by atoms with Gasteiger partial charge in [-0.25, -0.2) is 9.79 Å². The van der Waals surface area contributed by atoms with Crippen LogP contribution in [-0.2, 0) is 23.9 Å². The molecule has 3 aromatic rings. The van der Waals surface area contributed by atoms with Gasteiger partial charge in [0.2, 0.25) is 0 Å². The van der Waals surface area contributed by atoms with Crippen molar-refractivity contribution in [2.45, 2.75) is 24.1 Å². The predicted octanol–water partition coefficient (Wildman–Crippen LogP) is 4.54. The number of carbonyl (C=O) groups is 3. The van der Waals surface area contributed by atoms with Gasteiger partial charge < -0.3 is 9.47 Å². The van der Waals surface area contributed by atoms with Crippen LogP contribution in [-0.4, -0.2) is 57.3 Å². The average Bonchev–Trinajstić information content (AvgIpc) is 3.03. The lowest BCUT2D eigenvalue weighted by molar-refractivity contribution is -0.384. The molecule has 0 spiro atoms. The van der Waals surface area contributed by atoms with Crippen molar-refractivity contribution in [2.24, 2.45) is 10.2 Å². The van der Waals surface area contributed by atoms with Gasteiger partial charge in [-0.2, -0.15) is 0 Å². The zero-order chi connectivity index (χ0) is 30.6. The monoisotopic (exact) mass is 600 g/mol. The number of amides is 1. The van der Waals surface area contributed by atoms with E-state index in [9.17, 15) is 29.4 Å². The highest BCUT2D eigenvalue weighted by atomic mass is 32.2. The third-order valence-corrected chi connectivity index (χ3v) is 8.20. The third-order valence-electron chi connectivity index (χ3n) is 6.83. The molecule has 2 heterocycles. The smallest absolute Gasteiger partial charge is 0.356 e. The molecular formula is C30H24N4O8S. The summed E-state index contributed by atoms with van der Waals surface area (Å²) in [5, 5.41) is 13.0. The number of nitro groups is 1. The minimum Gasteiger partial charge on any atom is -0.461 e. The van der Waals surface area contributed by atoms with E-state index in [2.05, 4.69) is 10.2 Å². The van der Waals surface area contributed by atoms with Crippen molar-refractivity contribution < 1.29 is 28.8 Å². The number of β-lactam (4-membered cyclic amide) rings is 1. The normalized spacial score (nSPS) is 19.5. The Balaban J connectivity index is 1.47. The van der Waals surface area contributed by atoms with Gasteiger partial charge in [0.15, 0.2) is 6.10 Å². The molecule has 43 heavy (non-hydrogen) atoms. The van der Waals surface area contributed by atoms with Crippen LogP contribution in [0.1, 0.15) is 29.7 Å². The molecule has 218 valence electrons. The fraction of sp³-hybridized carbons (Fsp3) is 0.200. The number of nitro benzene ring substituents is 1. The topological polar surface area (TPSA) is 158 Å². The van der Waals surface area contributed by atoms with Gasteiger partial charge in [-0.15, -0.1) is 16.7 Å². The summed E-state index contributed by atoms with van der Waals surface area (Å²) in [4.78, 5) is 66.9. The van der Waals surface area contributed by atoms with E-state index in [4.69, 9.17) is 9.47 Å². The molecule has 0 saturated carbocycles. The van der Waals surface area contributed by atoms with E-state index < -0.39 is 39.9 Å². The zero-order valence-electron chi connectivity index (χ0n) is 22.7. The molecule has 5 rings (SSSR count). The van der Waals surface area contributed by atoms with Crippen LogP contribution in [0, 0.1) is 15.0 Å². The first-order valence-electron chi connectivity index (χ1n) is 13.0. The van der Waals surface area contributed by atoms with E-state index in [1.54, 1.807) is 0 Å². The molecule has 2 aliphatic rings. The SMILES string of the molecule is CC(=O)OCC1=C(C(=O)OC(c2ccccc2)c2ccccc2)N2C(=O)[C@](N=O)(N=Cc3ccc([N+](=O)[O-])cc3)[C@H]2SC1. The van der Waals surface area contributed by atoms with Crippen molar-refractivity contribution in [3.05, 3.63) is 128 Å². The third kappa shape index (κ3) is 5.79. The first-order chi connectivity index (χ1) is 20.7. The van der Waals surface area contributed by atoms with Crippen molar-refractivity contribution in [2.75, 3.05) is 12.4 Å². The Labute approximate surface area is 249 Å². The molecule has 0 N–H and O–H groups in total. The van der Waals surface area contributed by atoms with Gasteiger partial charge >= 0.3 is 11.9 Å². The number of aliphatic imine (C=N–C) groups is 1. The van der Waals surface area contributed by atoms with Crippen LogP contribution in [0.2, 0.25) is 0 Å². The number of benzene rings is 3. The van der Waals surface area contributed by atoms with Gasteiger partial charge in [-0.3, -0.25) is 24.6 Å². The maximum atomic E-state index is 13.9. The minimum atomic E-state index is -2.08. The highest BCUT2D eigenvalue weighted by Gasteiger charge is 2.67. The summed E-state index contributed by atoms with van der Waals surface area (Å²) in [6, 6.07) is 23.5. The second-order valence-electron chi connectivity index (χ2n) is 9.60. The van der Waals surface area contributed by atoms with Gasteiger partial charge in [-0.1, -0.05) is 60.7 Å². The van der Waals surface area contributed by atoms with Gasteiger partial charge in [0.1, 0.15) is 17.7 Å². The molecule has 12 nitrogen and oxygen atoms in total. The van der Waals surface area contributed by atoms with Crippen molar-refractivity contribution in [1.82, 2.24) is 4.90 Å². The van der Waals surface area contributed by atoms with Crippen LogP contribution in [0.15, 0.2) is 106 Å². The number of non-ortho nitro benzene ring substituents is 1. The standard InChI is InChI=1S/C30H24N4O8S/c1-19(35)41-17-23-18-43-29-30(32-38,31-16-20-12-14-24(15-13-20)34(39)40)28(37)33(29)25(23)27(36)42-26(21-8-4-2-5-9-21)22-10-6-3-7-11-22/h2-16,26,29H,17-18H2,1H3/t29-,30-/m1/s1. The molecule has 0 radical (unpaired) electrons. The highest BCUT2D eigenvalue weighted by Crippen LogP contribution is 2.49. The van der Waals surface area contributed by atoms with E-state index in [1.165, 1.54) is 37.4 Å². The number of hydrogen-bond acceptors (Lipinski definition) is 11. The molecule has 0 aromatic heterocycles. The summed E-state index contributed by atoms with van der Waals surface area (Å²) in [5.41, 5.74) is -0.240. The van der Waals surface area contributed by atoms with E-state index in [0.29, 0.717) is 22.3 Å². The summed E-state index contributed by atoms with van der Waals surface area (Å²) in [6.45, 7) is 0.958. The summed E-state index contributed by atoms with van der Waals surface area (Å²) in [7, 11) is 0. The summed E-state index contributed by atoms with van der Waals surface area (Å²) in [5.74, 6) is -2.17. The van der Waals surface area contributed by atoms with Crippen molar-refractivity contribution in [1.29, 1.82) is 0 Å². The number of rotatable bonds is 10. The Morgan fingerprint density at radius 1 is 1.07 bits per heavy atom. The van der Waals surface area contributed by atoms with E-state index in [0.717, 1.165) is 16.7 Å². The molecule has 2 aliphatic heterocycles. The minimum absolute atomic E-state index is 0.123. The molecule has 0 bridgehead atoms. The lowest BCUT2D eigenvalue weighted by Gasteiger charge is -2.51.